The van der Waals surface area contributed by atoms with Crippen molar-refractivity contribution in [2.75, 3.05) is 11.9 Å². The zero-order valence-electron chi connectivity index (χ0n) is 15.8. The second-order valence-corrected chi connectivity index (χ2v) is 6.93. The topological polar surface area (TPSA) is 33.2 Å². The van der Waals surface area contributed by atoms with Gasteiger partial charge < -0.3 is 9.32 Å². The standard InChI is InChI=1S/C24H20N3O/c1-26-14-8-13-22-24(26)25-23(28-22)16-18-15-21(17-9-4-3-5-10-17)27(2)20-12-7-6-11-19(18)20/h3-16H,1-2H3/q+1. The summed E-state index contributed by atoms with van der Waals surface area (Å²) in [5.41, 5.74) is 7.35. The number of hydrogen-bond donors (Lipinski definition) is 0. The highest BCUT2D eigenvalue weighted by Gasteiger charge is 2.22. The summed E-state index contributed by atoms with van der Waals surface area (Å²) in [6.07, 6.45) is 6.20. The van der Waals surface area contributed by atoms with Gasteiger partial charge in [-0.05, 0) is 35.4 Å². The third kappa shape index (κ3) is 2.70. The number of aromatic nitrogens is 2. The van der Waals surface area contributed by atoms with Gasteiger partial charge >= 0.3 is 11.5 Å². The highest BCUT2D eigenvalue weighted by molar-refractivity contribution is 6.02. The number of allylic oxidation sites excluding steroid dienone is 2. The van der Waals surface area contributed by atoms with Crippen LogP contribution in [-0.4, -0.2) is 12.0 Å². The average molecular weight is 366 g/mol. The number of oxazole rings is 1. The highest BCUT2D eigenvalue weighted by atomic mass is 16.3. The van der Waals surface area contributed by atoms with Crippen molar-refractivity contribution in [1.82, 2.24) is 4.98 Å². The maximum absolute atomic E-state index is 5.98. The Labute approximate surface area is 163 Å². The molecular weight excluding hydrogens is 346 g/mol. The molecular formula is C24H20N3O+. The number of pyridine rings is 1. The third-order valence-corrected chi connectivity index (χ3v) is 5.12. The van der Waals surface area contributed by atoms with E-state index in [1.807, 2.05) is 42.1 Å². The lowest BCUT2D eigenvalue weighted by Gasteiger charge is -2.30. The van der Waals surface area contributed by atoms with Crippen molar-refractivity contribution in [3.8, 4) is 0 Å². The van der Waals surface area contributed by atoms with Gasteiger partial charge in [-0.1, -0.05) is 48.5 Å². The Bertz CT molecular complexity index is 1240. The van der Waals surface area contributed by atoms with Crippen molar-refractivity contribution in [3.05, 3.63) is 96.0 Å². The first-order chi connectivity index (χ1) is 13.7. The molecule has 28 heavy (non-hydrogen) atoms. The molecule has 0 atom stereocenters. The Kier molecular flexibility index (Phi) is 3.83. The van der Waals surface area contributed by atoms with Gasteiger partial charge in [0.25, 0.3) is 0 Å². The smallest absolute Gasteiger partial charge is 0.370 e. The summed E-state index contributed by atoms with van der Waals surface area (Å²) in [6.45, 7) is 0. The lowest BCUT2D eigenvalue weighted by molar-refractivity contribution is -0.646. The van der Waals surface area contributed by atoms with Crippen LogP contribution in [0, 0.1) is 0 Å². The van der Waals surface area contributed by atoms with E-state index in [1.54, 1.807) is 0 Å². The maximum atomic E-state index is 5.98. The molecule has 4 aromatic rings. The second-order valence-electron chi connectivity index (χ2n) is 6.93. The number of aryl methyl sites for hydroxylation is 1. The van der Waals surface area contributed by atoms with E-state index in [-0.39, 0.29) is 0 Å². The predicted molar refractivity (Wildman–Crippen MR) is 112 cm³/mol. The third-order valence-electron chi connectivity index (χ3n) is 5.12. The zero-order valence-corrected chi connectivity index (χ0v) is 15.8. The van der Waals surface area contributed by atoms with Gasteiger partial charge in [-0.2, -0.15) is 0 Å². The van der Waals surface area contributed by atoms with Crippen LogP contribution < -0.4 is 9.47 Å². The van der Waals surface area contributed by atoms with Gasteiger partial charge in [0.1, 0.15) is 0 Å². The van der Waals surface area contributed by atoms with Gasteiger partial charge in [0, 0.05) is 35.1 Å². The van der Waals surface area contributed by atoms with Crippen LogP contribution in [0.5, 0.6) is 0 Å². The Morgan fingerprint density at radius 1 is 0.964 bits per heavy atom. The molecule has 0 amide bonds. The molecule has 136 valence electrons. The predicted octanol–water partition coefficient (Wildman–Crippen LogP) is 4.68. The van der Waals surface area contributed by atoms with Crippen LogP contribution >= 0.6 is 0 Å². The molecule has 0 saturated carbocycles. The van der Waals surface area contributed by atoms with Crippen molar-refractivity contribution in [2.24, 2.45) is 7.05 Å². The molecule has 1 aliphatic rings. The number of fused-ring (bicyclic) bond motifs is 2. The number of hydrogen-bond acceptors (Lipinski definition) is 3. The van der Waals surface area contributed by atoms with Crippen molar-refractivity contribution in [2.45, 2.75) is 0 Å². The van der Waals surface area contributed by atoms with E-state index in [4.69, 9.17) is 4.42 Å². The molecule has 2 aromatic heterocycles. The Hall–Kier alpha value is -3.66. The summed E-state index contributed by atoms with van der Waals surface area (Å²) in [5.74, 6) is 0.606. The minimum absolute atomic E-state index is 0.606. The molecule has 0 bridgehead atoms. The summed E-state index contributed by atoms with van der Waals surface area (Å²) in [5, 5.41) is 0. The number of para-hydroxylation sites is 1. The number of anilines is 1. The summed E-state index contributed by atoms with van der Waals surface area (Å²) >= 11 is 0. The van der Waals surface area contributed by atoms with Gasteiger partial charge in [-0.3, -0.25) is 0 Å². The molecule has 0 saturated heterocycles. The second kappa shape index (κ2) is 6.50. The average Bonchev–Trinajstić information content (AvgIpc) is 3.15. The molecule has 5 rings (SSSR count). The first kappa shape index (κ1) is 16.5. The van der Waals surface area contributed by atoms with Crippen LogP contribution in [0.2, 0.25) is 0 Å². The van der Waals surface area contributed by atoms with Crippen LogP contribution in [0.15, 0.2) is 83.4 Å². The van der Waals surface area contributed by atoms with Crippen LogP contribution in [0.25, 0.3) is 28.6 Å². The summed E-state index contributed by atoms with van der Waals surface area (Å²) in [4.78, 5) is 6.90. The first-order valence-electron chi connectivity index (χ1n) is 9.28. The summed E-state index contributed by atoms with van der Waals surface area (Å²) in [6, 6.07) is 22.7. The molecule has 4 nitrogen and oxygen atoms in total. The van der Waals surface area contributed by atoms with Crippen LogP contribution in [0.3, 0.4) is 0 Å². The van der Waals surface area contributed by atoms with Crippen LogP contribution in [0.4, 0.5) is 5.69 Å². The Morgan fingerprint density at radius 3 is 2.57 bits per heavy atom. The van der Waals surface area contributed by atoms with E-state index >= 15 is 0 Å². The fraction of sp³-hybridized carbons (Fsp3) is 0.0833. The van der Waals surface area contributed by atoms with Gasteiger partial charge in [0.2, 0.25) is 5.58 Å². The van der Waals surface area contributed by atoms with E-state index in [0.29, 0.717) is 5.89 Å². The molecule has 0 spiro atoms. The van der Waals surface area contributed by atoms with E-state index in [0.717, 1.165) is 33.8 Å². The normalized spacial score (nSPS) is 15.0. The molecule has 3 heterocycles. The van der Waals surface area contributed by atoms with Crippen LogP contribution in [-0.2, 0) is 7.05 Å². The zero-order chi connectivity index (χ0) is 19.1. The minimum atomic E-state index is 0.606. The quantitative estimate of drug-likeness (QED) is 0.483. The molecule has 0 fully saturated rings. The van der Waals surface area contributed by atoms with Crippen LogP contribution in [0.1, 0.15) is 17.0 Å². The SMILES string of the molecule is CN1C(c2ccccc2)=CC(=Cc2nc3c(ccc[n+]3C)o2)c2ccccc21. The first-order valence-corrected chi connectivity index (χ1v) is 9.28. The Morgan fingerprint density at radius 2 is 1.75 bits per heavy atom. The van der Waals surface area contributed by atoms with Crippen molar-refractivity contribution in [1.29, 1.82) is 0 Å². The van der Waals surface area contributed by atoms with E-state index < -0.39 is 0 Å². The molecule has 1 aliphatic heterocycles. The molecule has 0 aliphatic carbocycles. The number of nitrogens with zero attached hydrogens (tertiary/aromatic N) is 3. The molecule has 0 radical (unpaired) electrons. The molecule has 2 aromatic carbocycles. The molecule has 4 heteroatoms. The van der Waals surface area contributed by atoms with E-state index in [9.17, 15) is 0 Å². The van der Waals surface area contributed by atoms with Crippen molar-refractivity contribution < 1.29 is 8.98 Å². The maximum Gasteiger partial charge on any atom is 0.370 e. The number of rotatable bonds is 2. The van der Waals surface area contributed by atoms with Crippen molar-refractivity contribution in [3.63, 3.8) is 0 Å². The van der Waals surface area contributed by atoms with Gasteiger partial charge in [-0.15, -0.1) is 0 Å². The van der Waals surface area contributed by atoms with Gasteiger partial charge in [-0.25, -0.2) is 4.57 Å². The van der Waals surface area contributed by atoms with Crippen molar-refractivity contribution >= 4 is 34.3 Å². The van der Waals surface area contributed by atoms with Gasteiger partial charge in [0.15, 0.2) is 0 Å². The molecule has 0 unspecified atom stereocenters. The molecule has 0 N–H and O–H groups in total. The largest absolute Gasteiger partial charge is 0.411 e. The monoisotopic (exact) mass is 366 g/mol. The highest BCUT2D eigenvalue weighted by Crippen LogP contribution is 2.39. The number of benzene rings is 2. The van der Waals surface area contributed by atoms with E-state index in [1.165, 1.54) is 5.56 Å². The van der Waals surface area contributed by atoms with E-state index in [2.05, 4.69) is 71.5 Å². The summed E-state index contributed by atoms with van der Waals surface area (Å²) < 4.78 is 7.95. The lowest BCUT2D eigenvalue weighted by atomic mass is 9.95. The van der Waals surface area contributed by atoms with Gasteiger partial charge in [0.05, 0.1) is 13.2 Å². The lowest BCUT2D eigenvalue weighted by Crippen LogP contribution is -2.28. The Balaban J connectivity index is 1.69. The minimum Gasteiger partial charge on any atom is -0.411 e. The fourth-order valence-corrected chi connectivity index (χ4v) is 3.69. The summed E-state index contributed by atoms with van der Waals surface area (Å²) in [7, 11) is 4.08. The fourth-order valence-electron chi connectivity index (χ4n) is 3.69.